The van der Waals surface area contributed by atoms with Crippen molar-refractivity contribution in [2.75, 3.05) is 12.9 Å². The predicted molar refractivity (Wildman–Crippen MR) is 141 cm³/mol. The molecule has 0 saturated carbocycles. The first-order valence-corrected chi connectivity index (χ1v) is 12.7. The average molecular weight is 618 g/mol. The Kier molecular flexibility index (Phi) is 8.16. The van der Waals surface area contributed by atoms with Crippen molar-refractivity contribution in [1.29, 1.82) is 0 Å². The van der Waals surface area contributed by atoms with Gasteiger partial charge in [-0.2, -0.15) is 5.10 Å². The number of rotatable bonds is 8. The summed E-state index contributed by atoms with van der Waals surface area (Å²) in [6, 6.07) is 14.7. The third kappa shape index (κ3) is 6.08. The van der Waals surface area contributed by atoms with Crippen molar-refractivity contribution in [1.82, 2.24) is 25.2 Å². The van der Waals surface area contributed by atoms with Gasteiger partial charge in [0.2, 0.25) is 0 Å². The summed E-state index contributed by atoms with van der Waals surface area (Å²) in [5.41, 5.74) is 4.85. The number of nitrogens with zero attached hydrogens (tertiary/aromatic N) is 5. The van der Waals surface area contributed by atoms with E-state index in [1.54, 1.807) is 24.5 Å². The first-order chi connectivity index (χ1) is 17.0. The fraction of sp³-hybridized carbons (Fsp3) is 0.0870. The van der Waals surface area contributed by atoms with Crippen LogP contribution in [0.3, 0.4) is 0 Å². The smallest absolute Gasteiger partial charge is 0.250 e. The fourth-order valence-corrected chi connectivity index (χ4v) is 4.51. The second kappa shape index (κ2) is 11.5. The molecule has 0 bridgehead atoms. The summed E-state index contributed by atoms with van der Waals surface area (Å²) in [5.74, 6) is 0.686. The minimum atomic E-state index is -0.313. The summed E-state index contributed by atoms with van der Waals surface area (Å²) in [6.07, 6.45) is 4.84. The lowest BCUT2D eigenvalue weighted by molar-refractivity contribution is -0.118. The number of methoxy groups -OCH3 is 1. The summed E-state index contributed by atoms with van der Waals surface area (Å²) in [5, 5.41) is 23.1. The van der Waals surface area contributed by atoms with E-state index in [0.717, 1.165) is 15.7 Å². The summed E-state index contributed by atoms with van der Waals surface area (Å²) in [4.78, 5) is 16.5. The van der Waals surface area contributed by atoms with Crippen LogP contribution in [0.15, 0.2) is 80.1 Å². The lowest BCUT2D eigenvalue weighted by atomic mass is 10.2. The normalized spacial score (nSPS) is 11.1. The Hall–Kier alpha value is -3.22. The zero-order valence-electron chi connectivity index (χ0n) is 18.2. The van der Waals surface area contributed by atoms with Crippen LogP contribution in [0.2, 0.25) is 0 Å². The van der Waals surface area contributed by atoms with Gasteiger partial charge in [-0.1, -0.05) is 27.7 Å². The zero-order chi connectivity index (χ0) is 24.8. The van der Waals surface area contributed by atoms with Crippen molar-refractivity contribution in [3.05, 3.63) is 75.4 Å². The van der Waals surface area contributed by atoms with E-state index in [1.807, 2.05) is 41.0 Å². The van der Waals surface area contributed by atoms with Gasteiger partial charge in [0.25, 0.3) is 5.91 Å². The van der Waals surface area contributed by atoms with E-state index >= 15 is 0 Å². The maximum absolute atomic E-state index is 12.4. The van der Waals surface area contributed by atoms with E-state index < -0.39 is 0 Å². The number of hydrogen-bond acceptors (Lipinski definition) is 8. The second-order valence-corrected chi connectivity index (χ2v) is 9.70. The number of pyridine rings is 1. The molecule has 178 valence electrons. The molecule has 0 atom stereocenters. The Morgan fingerprint density at radius 2 is 1.91 bits per heavy atom. The van der Waals surface area contributed by atoms with Crippen LogP contribution in [0.1, 0.15) is 5.56 Å². The van der Waals surface area contributed by atoms with E-state index in [-0.39, 0.29) is 17.4 Å². The third-order valence-electron chi connectivity index (χ3n) is 4.66. The molecule has 2 N–H and O–H groups in total. The van der Waals surface area contributed by atoms with Crippen LogP contribution in [-0.2, 0) is 4.79 Å². The molecular formula is C23H18Br2N6O3S. The number of carbonyl (C=O) groups is 1. The molecule has 0 fully saturated rings. The highest BCUT2D eigenvalue weighted by atomic mass is 79.9. The van der Waals surface area contributed by atoms with Crippen LogP contribution in [-0.4, -0.2) is 49.8 Å². The second-order valence-electron chi connectivity index (χ2n) is 6.99. The van der Waals surface area contributed by atoms with Crippen LogP contribution < -0.4 is 10.2 Å². The van der Waals surface area contributed by atoms with E-state index in [9.17, 15) is 9.90 Å². The Bertz CT molecular complexity index is 1360. The van der Waals surface area contributed by atoms with Gasteiger partial charge in [0.05, 0.1) is 23.5 Å². The molecular weight excluding hydrogens is 600 g/mol. The van der Waals surface area contributed by atoms with Gasteiger partial charge in [-0.25, -0.2) is 5.43 Å². The lowest BCUT2D eigenvalue weighted by Crippen LogP contribution is -2.20. The monoisotopic (exact) mass is 616 g/mol. The Labute approximate surface area is 221 Å². The molecule has 1 amide bonds. The molecule has 0 aliphatic carbocycles. The number of aromatic nitrogens is 4. The number of nitrogens with one attached hydrogen (secondary N) is 1. The quantitative estimate of drug-likeness (QED) is 0.166. The van der Waals surface area contributed by atoms with Gasteiger partial charge in [-0.3, -0.25) is 14.3 Å². The number of amides is 1. The van der Waals surface area contributed by atoms with E-state index in [2.05, 4.69) is 57.6 Å². The molecule has 0 unspecified atom stereocenters. The van der Waals surface area contributed by atoms with Crippen LogP contribution in [0, 0.1) is 0 Å². The van der Waals surface area contributed by atoms with Gasteiger partial charge >= 0.3 is 0 Å². The topological polar surface area (TPSA) is 115 Å². The molecule has 12 heteroatoms. The number of thioether (sulfide) groups is 1. The predicted octanol–water partition coefficient (Wildman–Crippen LogP) is 4.81. The van der Waals surface area contributed by atoms with Crippen molar-refractivity contribution in [2.24, 2.45) is 5.10 Å². The Morgan fingerprint density at radius 1 is 1.17 bits per heavy atom. The summed E-state index contributed by atoms with van der Waals surface area (Å²) in [7, 11) is 1.45. The van der Waals surface area contributed by atoms with Crippen molar-refractivity contribution in [2.45, 2.75) is 5.16 Å². The molecule has 0 aliphatic heterocycles. The van der Waals surface area contributed by atoms with Crippen LogP contribution >= 0.6 is 43.6 Å². The van der Waals surface area contributed by atoms with Gasteiger partial charge in [-0.15, -0.1) is 10.2 Å². The van der Waals surface area contributed by atoms with Crippen molar-refractivity contribution < 1.29 is 14.6 Å². The van der Waals surface area contributed by atoms with Gasteiger partial charge in [0, 0.05) is 28.1 Å². The molecule has 2 aromatic carbocycles. The minimum absolute atomic E-state index is 0.00824. The first-order valence-electron chi connectivity index (χ1n) is 10.1. The van der Waals surface area contributed by atoms with E-state index in [4.69, 9.17) is 4.74 Å². The summed E-state index contributed by atoms with van der Waals surface area (Å²) >= 11 is 7.95. The number of aromatic hydroxyl groups is 1. The molecule has 9 nitrogen and oxygen atoms in total. The van der Waals surface area contributed by atoms with E-state index in [0.29, 0.717) is 26.8 Å². The van der Waals surface area contributed by atoms with E-state index in [1.165, 1.54) is 25.1 Å². The van der Waals surface area contributed by atoms with Crippen LogP contribution in [0.5, 0.6) is 11.5 Å². The van der Waals surface area contributed by atoms with Gasteiger partial charge in [0.15, 0.2) is 22.5 Å². The molecule has 4 aromatic rings. The number of ether oxygens (including phenoxy) is 1. The maximum atomic E-state index is 12.4. The number of carbonyl (C=O) groups excluding carboxylic acids is 1. The number of phenols is 1. The molecule has 2 heterocycles. The minimum Gasteiger partial charge on any atom is -0.503 e. The van der Waals surface area contributed by atoms with Crippen LogP contribution in [0.25, 0.3) is 17.1 Å². The molecule has 2 aromatic heterocycles. The first kappa shape index (κ1) is 24.9. The summed E-state index contributed by atoms with van der Waals surface area (Å²) in [6.45, 7) is 0. The molecule has 35 heavy (non-hydrogen) atoms. The van der Waals surface area contributed by atoms with Gasteiger partial charge in [0.1, 0.15) is 0 Å². The SMILES string of the molecule is COc1cc(/C=N/NC(=O)CSc2nnc(-c3ccncc3)n2-c2ccc(Br)cc2)cc(Br)c1O. The number of halogens is 2. The Morgan fingerprint density at radius 3 is 2.63 bits per heavy atom. The average Bonchev–Trinajstić information content (AvgIpc) is 3.29. The van der Waals surface area contributed by atoms with Crippen molar-refractivity contribution in [3.8, 4) is 28.6 Å². The highest BCUT2D eigenvalue weighted by Crippen LogP contribution is 2.34. The fourth-order valence-electron chi connectivity index (χ4n) is 3.04. The highest BCUT2D eigenvalue weighted by Gasteiger charge is 2.17. The lowest BCUT2D eigenvalue weighted by Gasteiger charge is -2.10. The molecule has 0 saturated heterocycles. The van der Waals surface area contributed by atoms with Gasteiger partial charge < -0.3 is 9.84 Å². The number of hydrogen-bond donors (Lipinski definition) is 2. The Balaban J connectivity index is 1.48. The standard InChI is InChI=1S/C23H18Br2N6O3S/c1-34-19-11-14(10-18(25)21(19)33)12-27-28-20(32)13-35-23-30-29-22(15-6-8-26-9-7-15)31(23)17-4-2-16(24)3-5-17/h2-12,33H,13H2,1H3,(H,28,32)/b27-12+. The highest BCUT2D eigenvalue weighted by molar-refractivity contribution is 9.10. The zero-order valence-corrected chi connectivity index (χ0v) is 22.2. The number of benzene rings is 2. The van der Waals surface area contributed by atoms with Crippen molar-refractivity contribution in [3.63, 3.8) is 0 Å². The molecule has 0 aliphatic rings. The molecule has 0 radical (unpaired) electrons. The molecule has 4 rings (SSSR count). The van der Waals surface area contributed by atoms with Crippen LogP contribution in [0.4, 0.5) is 0 Å². The summed E-state index contributed by atoms with van der Waals surface area (Å²) < 4.78 is 8.41. The third-order valence-corrected chi connectivity index (χ3v) is 6.72. The van der Waals surface area contributed by atoms with Gasteiger partial charge in [-0.05, 0) is 70.0 Å². The molecule has 0 spiro atoms. The van der Waals surface area contributed by atoms with Crippen molar-refractivity contribution >= 4 is 55.7 Å². The largest absolute Gasteiger partial charge is 0.503 e. The number of hydrazone groups is 1. The number of phenolic OH excluding ortho intramolecular Hbond substituents is 1. The maximum Gasteiger partial charge on any atom is 0.250 e.